The number of hydrogen-bond donors (Lipinski definition) is 1. The zero-order chi connectivity index (χ0) is 14.0. The fourth-order valence-electron chi connectivity index (χ4n) is 3.40. The van der Waals surface area contributed by atoms with E-state index in [9.17, 15) is 0 Å². The van der Waals surface area contributed by atoms with Gasteiger partial charge in [0, 0.05) is 12.1 Å². The van der Waals surface area contributed by atoms with E-state index < -0.39 is 0 Å². The quantitative estimate of drug-likeness (QED) is 0.902. The molecule has 1 aromatic carbocycles. The Hall–Kier alpha value is -0.860. The number of nitrogens with zero attached hydrogens (tertiary/aromatic N) is 1. The summed E-state index contributed by atoms with van der Waals surface area (Å²) in [5.41, 5.74) is 10.3. The van der Waals surface area contributed by atoms with E-state index in [1.807, 2.05) is 0 Å². The molecule has 1 atom stereocenters. The highest BCUT2D eigenvalue weighted by atomic mass is 15.1. The molecular weight excluding hydrogens is 232 g/mol. The summed E-state index contributed by atoms with van der Waals surface area (Å²) in [6, 6.07) is 7.90. The van der Waals surface area contributed by atoms with Crippen molar-refractivity contribution in [3.8, 4) is 0 Å². The number of rotatable bonds is 3. The van der Waals surface area contributed by atoms with Crippen LogP contribution in [0.25, 0.3) is 0 Å². The number of benzene rings is 1. The fourth-order valence-corrected chi connectivity index (χ4v) is 3.40. The minimum absolute atomic E-state index is 0.429. The summed E-state index contributed by atoms with van der Waals surface area (Å²) in [7, 11) is 4.41. The number of hydrogen-bond acceptors (Lipinski definition) is 2. The Morgan fingerprint density at radius 2 is 1.68 bits per heavy atom. The molecule has 2 heteroatoms. The molecule has 1 aromatic rings. The Morgan fingerprint density at radius 3 is 2.21 bits per heavy atom. The van der Waals surface area contributed by atoms with Crippen molar-refractivity contribution in [1.29, 1.82) is 0 Å². The first-order valence-electron chi connectivity index (χ1n) is 7.48. The first-order valence-corrected chi connectivity index (χ1v) is 7.48. The van der Waals surface area contributed by atoms with Gasteiger partial charge in [0.1, 0.15) is 0 Å². The van der Waals surface area contributed by atoms with E-state index in [4.69, 9.17) is 5.73 Å². The van der Waals surface area contributed by atoms with Gasteiger partial charge in [-0.05, 0) is 76.2 Å². The van der Waals surface area contributed by atoms with E-state index in [0.717, 1.165) is 5.92 Å². The molecule has 1 fully saturated rings. The Kier molecular flexibility index (Phi) is 4.64. The molecule has 1 aliphatic rings. The van der Waals surface area contributed by atoms with Gasteiger partial charge in [-0.2, -0.15) is 0 Å². The van der Waals surface area contributed by atoms with Crippen LogP contribution in [0.15, 0.2) is 18.2 Å². The SMILES string of the molecule is Cc1ccc(C(C2CCC(N)CC2)N(C)C)cc1C. The van der Waals surface area contributed by atoms with Gasteiger partial charge < -0.3 is 10.6 Å². The second-order valence-electron chi connectivity index (χ2n) is 6.43. The maximum atomic E-state index is 6.04. The van der Waals surface area contributed by atoms with Crippen molar-refractivity contribution in [2.75, 3.05) is 14.1 Å². The highest BCUT2D eigenvalue weighted by molar-refractivity contribution is 5.32. The molecule has 2 nitrogen and oxygen atoms in total. The van der Waals surface area contributed by atoms with Crippen LogP contribution in [0.3, 0.4) is 0 Å². The predicted octanol–water partition coefficient (Wildman–Crippen LogP) is 3.42. The number of aryl methyl sites for hydroxylation is 2. The van der Waals surface area contributed by atoms with Crippen molar-refractivity contribution in [2.45, 2.75) is 51.6 Å². The Bertz CT molecular complexity index is 417. The third-order valence-electron chi connectivity index (χ3n) is 4.69. The molecule has 0 radical (unpaired) electrons. The van der Waals surface area contributed by atoms with Gasteiger partial charge in [0.25, 0.3) is 0 Å². The zero-order valence-electron chi connectivity index (χ0n) is 12.8. The van der Waals surface area contributed by atoms with Crippen molar-refractivity contribution in [2.24, 2.45) is 11.7 Å². The maximum Gasteiger partial charge on any atom is 0.0370 e. The Morgan fingerprint density at radius 1 is 1.05 bits per heavy atom. The summed E-state index contributed by atoms with van der Waals surface area (Å²) < 4.78 is 0. The fraction of sp³-hybridized carbons (Fsp3) is 0.647. The molecular formula is C17H28N2. The molecule has 0 heterocycles. The van der Waals surface area contributed by atoms with Gasteiger partial charge in [-0.25, -0.2) is 0 Å². The van der Waals surface area contributed by atoms with E-state index in [2.05, 4.69) is 51.0 Å². The van der Waals surface area contributed by atoms with Gasteiger partial charge in [-0.1, -0.05) is 18.2 Å². The second kappa shape index (κ2) is 6.06. The molecule has 106 valence electrons. The second-order valence-corrected chi connectivity index (χ2v) is 6.43. The average Bonchev–Trinajstić information content (AvgIpc) is 2.36. The van der Waals surface area contributed by atoms with Gasteiger partial charge >= 0.3 is 0 Å². The largest absolute Gasteiger partial charge is 0.328 e. The zero-order valence-corrected chi connectivity index (χ0v) is 12.8. The predicted molar refractivity (Wildman–Crippen MR) is 82.3 cm³/mol. The third-order valence-corrected chi connectivity index (χ3v) is 4.69. The van der Waals surface area contributed by atoms with E-state index in [0.29, 0.717) is 12.1 Å². The molecule has 0 aromatic heterocycles. The van der Waals surface area contributed by atoms with Crippen LogP contribution >= 0.6 is 0 Å². The van der Waals surface area contributed by atoms with Gasteiger partial charge in [0.15, 0.2) is 0 Å². The molecule has 0 saturated heterocycles. The lowest BCUT2D eigenvalue weighted by molar-refractivity contribution is 0.164. The van der Waals surface area contributed by atoms with Crippen LogP contribution in [0.2, 0.25) is 0 Å². The standard InChI is InChI=1S/C17H28N2/c1-12-5-6-15(11-13(12)2)17(19(3)4)14-7-9-16(18)10-8-14/h5-6,11,14,16-17H,7-10,18H2,1-4H3. The number of nitrogens with two attached hydrogens (primary N) is 1. The summed E-state index contributed by atoms with van der Waals surface area (Å²) in [5, 5.41) is 0. The minimum atomic E-state index is 0.429. The van der Waals surface area contributed by atoms with Gasteiger partial charge in [-0.15, -0.1) is 0 Å². The molecule has 0 aliphatic heterocycles. The maximum absolute atomic E-state index is 6.04. The summed E-state index contributed by atoms with van der Waals surface area (Å²) in [5.74, 6) is 0.747. The van der Waals surface area contributed by atoms with Crippen LogP contribution in [-0.2, 0) is 0 Å². The third kappa shape index (κ3) is 3.37. The van der Waals surface area contributed by atoms with Gasteiger partial charge in [0.2, 0.25) is 0 Å². The highest BCUT2D eigenvalue weighted by Gasteiger charge is 2.28. The van der Waals surface area contributed by atoms with Crippen LogP contribution in [-0.4, -0.2) is 25.0 Å². The van der Waals surface area contributed by atoms with Crippen molar-refractivity contribution >= 4 is 0 Å². The van der Waals surface area contributed by atoms with Crippen LogP contribution in [0.1, 0.15) is 48.4 Å². The van der Waals surface area contributed by atoms with Gasteiger partial charge in [-0.3, -0.25) is 0 Å². The van der Waals surface area contributed by atoms with E-state index in [-0.39, 0.29) is 0 Å². The van der Waals surface area contributed by atoms with Crippen LogP contribution in [0.5, 0.6) is 0 Å². The summed E-state index contributed by atoms with van der Waals surface area (Å²) >= 11 is 0. The minimum Gasteiger partial charge on any atom is -0.328 e. The molecule has 1 aliphatic carbocycles. The monoisotopic (exact) mass is 260 g/mol. The first kappa shape index (κ1) is 14.5. The van der Waals surface area contributed by atoms with E-state index in [1.54, 1.807) is 0 Å². The van der Waals surface area contributed by atoms with Crippen LogP contribution in [0, 0.1) is 19.8 Å². The first-order chi connectivity index (χ1) is 8.99. The summed E-state index contributed by atoms with van der Waals surface area (Å²) in [6.07, 6.45) is 4.88. The molecule has 0 amide bonds. The lowest BCUT2D eigenvalue weighted by Gasteiger charge is -2.37. The molecule has 2 rings (SSSR count). The van der Waals surface area contributed by atoms with Crippen molar-refractivity contribution in [3.63, 3.8) is 0 Å². The van der Waals surface area contributed by atoms with Crippen molar-refractivity contribution < 1.29 is 0 Å². The smallest absolute Gasteiger partial charge is 0.0370 e. The van der Waals surface area contributed by atoms with Crippen molar-refractivity contribution in [1.82, 2.24) is 4.90 Å². The molecule has 2 N–H and O–H groups in total. The topological polar surface area (TPSA) is 29.3 Å². The molecule has 19 heavy (non-hydrogen) atoms. The van der Waals surface area contributed by atoms with Crippen LogP contribution < -0.4 is 5.73 Å². The molecule has 1 saturated carbocycles. The van der Waals surface area contributed by atoms with Gasteiger partial charge in [0.05, 0.1) is 0 Å². The van der Waals surface area contributed by atoms with Crippen molar-refractivity contribution in [3.05, 3.63) is 34.9 Å². The Balaban J connectivity index is 2.22. The normalized spacial score (nSPS) is 25.6. The lowest BCUT2D eigenvalue weighted by Crippen LogP contribution is -2.34. The molecule has 0 spiro atoms. The summed E-state index contributed by atoms with van der Waals surface area (Å²) in [4.78, 5) is 2.38. The Labute approximate surface area is 118 Å². The molecule has 0 bridgehead atoms. The van der Waals surface area contributed by atoms with E-state index in [1.165, 1.54) is 42.4 Å². The highest BCUT2D eigenvalue weighted by Crippen LogP contribution is 2.37. The van der Waals surface area contributed by atoms with E-state index >= 15 is 0 Å². The lowest BCUT2D eigenvalue weighted by atomic mass is 9.78. The molecule has 1 unspecified atom stereocenters. The van der Waals surface area contributed by atoms with Crippen LogP contribution in [0.4, 0.5) is 0 Å². The average molecular weight is 260 g/mol. The summed E-state index contributed by atoms with van der Waals surface area (Å²) in [6.45, 7) is 4.39.